The minimum atomic E-state index is -0.285. The summed E-state index contributed by atoms with van der Waals surface area (Å²) in [6, 6.07) is 6.15. The van der Waals surface area contributed by atoms with Gasteiger partial charge in [-0.2, -0.15) is 0 Å². The molecule has 0 spiro atoms. The molecule has 0 radical (unpaired) electrons. The highest BCUT2D eigenvalue weighted by Gasteiger charge is 2.19. The van der Waals surface area contributed by atoms with Crippen molar-refractivity contribution >= 4 is 22.2 Å². The summed E-state index contributed by atoms with van der Waals surface area (Å²) in [6.07, 6.45) is 0. The number of carbonyl (C=O) groups is 1. The van der Waals surface area contributed by atoms with Gasteiger partial charge in [-0.1, -0.05) is 12.1 Å². The molecule has 3 N–H and O–H groups in total. The summed E-state index contributed by atoms with van der Waals surface area (Å²) in [7, 11) is 1.57. The maximum atomic E-state index is 12.9. The van der Waals surface area contributed by atoms with Gasteiger partial charge in [-0.25, -0.2) is 4.39 Å². The normalized spacial score (nSPS) is 10.4. The first-order chi connectivity index (χ1) is 8.54. The monoisotopic (exact) mass is 264 g/mol. The lowest BCUT2D eigenvalue weighted by Crippen LogP contribution is -2.19. The lowest BCUT2D eigenvalue weighted by molar-refractivity contribution is 0.0964. The summed E-state index contributed by atoms with van der Waals surface area (Å²) in [5.74, 6) is -0.484. The quantitative estimate of drug-likeness (QED) is 0.876. The van der Waals surface area contributed by atoms with E-state index in [0.717, 1.165) is 16.0 Å². The fourth-order valence-electron chi connectivity index (χ4n) is 1.82. The van der Waals surface area contributed by atoms with Crippen molar-refractivity contribution in [1.82, 2.24) is 5.32 Å². The molecule has 0 fully saturated rings. The number of carbonyl (C=O) groups excluding carboxylic acids is 1. The van der Waals surface area contributed by atoms with Crippen LogP contribution in [0.5, 0.6) is 0 Å². The van der Waals surface area contributed by atoms with E-state index < -0.39 is 0 Å². The summed E-state index contributed by atoms with van der Waals surface area (Å²) in [5.41, 5.74) is 8.06. The summed E-state index contributed by atoms with van der Waals surface area (Å²) in [6.45, 7) is 1.84. The van der Waals surface area contributed by atoms with Gasteiger partial charge in [-0.15, -0.1) is 11.3 Å². The molecule has 3 nitrogen and oxygen atoms in total. The van der Waals surface area contributed by atoms with Gasteiger partial charge in [0, 0.05) is 11.9 Å². The zero-order valence-electron chi connectivity index (χ0n) is 10.1. The standard InChI is InChI=1S/C13H13FN2OS/c1-7-10(13(17)16-2)12(15)18-11(7)8-3-5-9(14)6-4-8/h3-6H,15H2,1-2H3,(H,16,17). The molecule has 0 atom stereocenters. The smallest absolute Gasteiger partial charge is 0.254 e. The van der Waals surface area contributed by atoms with E-state index in [1.54, 1.807) is 19.2 Å². The lowest BCUT2D eigenvalue weighted by Gasteiger charge is -2.02. The van der Waals surface area contributed by atoms with E-state index in [1.165, 1.54) is 23.5 Å². The highest BCUT2D eigenvalue weighted by atomic mass is 32.1. The second-order valence-corrected chi connectivity index (χ2v) is 4.93. The number of anilines is 1. The fraction of sp³-hybridized carbons (Fsp3) is 0.154. The number of rotatable bonds is 2. The molecule has 1 amide bonds. The molecule has 0 unspecified atom stereocenters. The first-order valence-corrected chi connectivity index (χ1v) is 6.23. The zero-order valence-corrected chi connectivity index (χ0v) is 10.9. The largest absolute Gasteiger partial charge is 0.390 e. The Morgan fingerprint density at radius 1 is 1.33 bits per heavy atom. The third-order valence-corrected chi connectivity index (χ3v) is 3.90. The molecule has 0 aliphatic carbocycles. The van der Waals surface area contributed by atoms with Crippen molar-refractivity contribution in [3.05, 3.63) is 41.2 Å². The maximum Gasteiger partial charge on any atom is 0.254 e. The molecule has 5 heteroatoms. The van der Waals surface area contributed by atoms with Crippen molar-refractivity contribution in [1.29, 1.82) is 0 Å². The van der Waals surface area contributed by atoms with Crippen molar-refractivity contribution in [3.8, 4) is 10.4 Å². The summed E-state index contributed by atoms with van der Waals surface area (Å²) in [4.78, 5) is 12.6. The van der Waals surface area contributed by atoms with Gasteiger partial charge >= 0.3 is 0 Å². The Morgan fingerprint density at radius 2 is 1.94 bits per heavy atom. The van der Waals surface area contributed by atoms with E-state index in [4.69, 9.17) is 5.73 Å². The molecule has 1 aromatic carbocycles. The van der Waals surface area contributed by atoms with Crippen LogP contribution >= 0.6 is 11.3 Å². The van der Waals surface area contributed by atoms with Gasteiger partial charge in [0.05, 0.1) is 10.6 Å². The molecular weight excluding hydrogens is 251 g/mol. The minimum absolute atomic E-state index is 0.199. The van der Waals surface area contributed by atoms with Crippen LogP contribution in [0.25, 0.3) is 10.4 Å². The Hall–Kier alpha value is -1.88. The number of amides is 1. The second kappa shape index (κ2) is 4.78. The van der Waals surface area contributed by atoms with E-state index in [9.17, 15) is 9.18 Å². The average Bonchev–Trinajstić information content (AvgIpc) is 2.65. The lowest BCUT2D eigenvalue weighted by atomic mass is 10.1. The molecule has 0 bridgehead atoms. The van der Waals surface area contributed by atoms with Gasteiger partial charge in [0.25, 0.3) is 5.91 Å². The predicted molar refractivity (Wildman–Crippen MR) is 72.3 cm³/mol. The van der Waals surface area contributed by atoms with Crippen LogP contribution < -0.4 is 11.1 Å². The highest BCUT2D eigenvalue weighted by Crippen LogP contribution is 2.37. The topological polar surface area (TPSA) is 55.1 Å². The first kappa shape index (κ1) is 12.6. The second-order valence-electron chi connectivity index (χ2n) is 3.88. The van der Waals surface area contributed by atoms with E-state index in [-0.39, 0.29) is 11.7 Å². The molecule has 18 heavy (non-hydrogen) atoms. The van der Waals surface area contributed by atoms with Crippen molar-refractivity contribution in [2.24, 2.45) is 0 Å². The Morgan fingerprint density at radius 3 is 2.50 bits per heavy atom. The summed E-state index contributed by atoms with van der Waals surface area (Å²) < 4.78 is 12.9. The Bertz CT molecular complexity index is 590. The molecule has 0 saturated carbocycles. The van der Waals surface area contributed by atoms with Gasteiger partial charge in [0.15, 0.2) is 0 Å². The number of nitrogens with two attached hydrogens (primary N) is 1. The highest BCUT2D eigenvalue weighted by molar-refractivity contribution is 7.19. The third-order valence-electron chi connectivity index (χ3n) is 2.73. The average molecular weight is 264 g/mol. The first-order valence-electron chi connectivity index (χ1n) is 5.41. The minimum Gasteiger partial charge on any atom is -0.390 e. The van der Waals surface area contributed by atoms with Crippen LogP contribution in [-0.2, 0) is 0 Å². The molecular formula is C13H13FN2OS. The number of nitrogens with one attached hydrogen (secondary N) is 1. The van der Waals surface area contributed by atoms with Crippen molar-refractivity contribution in [2.45, 2.75) is 6.92 Å². The van der Waals surface area contributed by atoms with Gasteiger partial charge in [-0.05, 0) is 30.2 Å². The van der Waals surface area contributed by atoms with Crippen molar-refractivity contribution in [3.63, 3.8) is 0 Å². The molecule has 2 aromatic rings. The van der Waals surface area contributed by atoms with E-state index in [0.29, 0.717) is 10.6 Å². The van der Waals surface area contributed by atoms with Crippen LogP contribution in [0, 0.1) is 12.7 Å². The van der Waals surface area contributed by atoms with Crippen molar-refractivity contribution < 1.29 is 9.18 Å². The number of hydrogen-bond donors (Lipinski definition) is 2. The Kier molecular flexibility index (Phi) is 3.34. The van der Waals surface area contributed by atoms with E-state index >= 15 is 0 Å². The molecule has 1 heterocycles. The third kappa shape index (κ3) is 2.09. The number of halogens is 1. The van der Waals surface area contributed by atoms with Crippen LogP contribution in [0.2, 0.25) is 0 Å². The van der Waals surface area contributed by atoms with Crippen molar-refractivity contribution in [2.75, 3.05) is 12.8 Å². The number of nitrogen functional groups attached to an aromatic ring is 1. The predicted octanol–water partition coefficient (Wildman–Crippen LogP) is 2.80. The van der Waals surface area contributed by atoms with E-state index in [1.807, 2.05) is 6.92 Å². The van der Waals surface area contributed by atoms with Crippen LogP contribution in [0.1, 0.15) is 15.9 Å². The SMILES string of the molecule is CNC(=O)c1c(N)sc(-c2ccc(F)cc2)c1C. The Labute approximate surface area is 108 Å². The maximum absolute atomic E-state index is 12.9. The van der Waals surface area contributed by atoms with Crippen LogP contribution in [0.4, 0.5) is 9.39 Å². The molecule has 0 saturated heterocycles. The summed E-state index contributed by atoms with van der Waals surface area (Å²) in [5, 5.41) is 3.04. The fourth-order valence-corrected chi connectivity index (χ4v) is 2.90. The van der Waals surface area contributed by atoms with Gasteiger partial charge in [0.1, 0.15) is 5.82 Å². The van der Waals surface area contributed by atoms with Gasteiger partial charge in [0.2, 0.25) is 0 Å². The zero-order chi connectivity index (χ0) is 13.3. The molecule has 2 rings (SSSR count). The summed E-state index contributed by atoms with van der Waals surface area (Å²) >= 11 is 1.34. The van der Waals surface area contributed by atoms with Crippen LogP contribution in [0.3, 0.4) is 0 Å². The van der Waals surface area contributed by atoms with Gasteiger partial charge in [-0.3, -0.25) is 4.79 Å². The Balaban J connectivity index is 2.53. The van der Waals surface area contributed by atoms with E-state index in [2.05, 4.69) is 5.32 Å². The number of thiophene rings is 1. The number of hydrogen-bond acceptors (Lipinski definition) is 3. The van der Waals surface area contributed by atoms with Crippen LogP contribution in [-0.4, -0.2) is 13.0 Å². The molecule has 94 valence electrons. The van der Waals surface area contributed by atoms with Crippen LogP contribution in [0.15, 0.2) is 24.3 Å². The van der Waals surface area contributed by atoms with Gasteiger partial charge < -0.3 is 11.1 Å². The molecule has 0 aliphatic heterocycles. The molecule has 1 aromatic heterocycles. The number of benzene rings is 1. The molecule has 0 aliphatic rings.